The Hall–Kier alpha value is -4.46. The molecule has 208 valence electrons. The molecule has 1 aliphatic rings. The molecule has 0 amide bonds. The third-order valence-corrected chi connectivity index (χ3v) is 6.55. The maximum absolute atomic E-state index is 14.9. The van der Waals surface area contributed by atoms with Crippen molar-refractivity contribution in [2.45, 2.75) is 40.2 Å². The number of hydrogen-bond donors (Lipinski definition) is 1. The number of rotatable bonds is 9. The van der Waals surface area contributed by atoms with E-state index in [0.29, 0.717) is 28.3 Å². The summed E-state index contributed by atoms with van der Waals surface area (Å²) in [6.45, 7) is 7.28. The molecule has 3 aromatic carbocycles. The Morgan fingerprint density at radius 3 is 2.02 bits per heavy atom. The molecule has 0 aliphatic carbocycles. The molecular formula is C32H31F2NO5. The summed E-state index contributed by atoms with van der Waals surface area (Å²) in [4.78, 5) is 26.6. The predicted octanol–water partition coefficient (Wildman–Crippen LogP) is 6.57. The van der Waals surface area contributed by atoms with Crippen molar-refractivity contribution in [1.29, 1.82) is 0 Å². The fourth-order valence-corrected chi connectivity index (χ4v) is 4.80. The number of esters is 2. The van der Waals surface area contributed by atoms with Crippen LogP contribution in [0.25, 0.3) is 11.1 Å². The molecule has 1 heterocycles. The van der Waals surface area contributed by atoms with E-state index in [1.54, 1.807) is 45.9 Å². The molecule has 0 saturated carbocycles. The SMILES string of the molecule is CCOC(=O)C1=C(C)NC(C)=C(C(=O)OCC)C1c1cc(-c2ccc(F)cc2F)ccc1OCc1ccccc1. The van der Waals surface area contributed by atoms with E-state index in [0.717, 1.165) is 11.6 Å². The molecule has 0 radical (unpaired) electrons. The summed E-state index contributed by atoms with van der Waals surface area (Å²) in [6.07, 6.45) is 0. The molecule has 3 aromatic rings. The van der Waals surface area contributed by atoms with Crippen molar-refractivity contribution >= 4 is 11.9 Å². The van der Waals surface area contributed by atoms with Gasteiger partial charge in [-0.05, 0) is 63.1 Å². The van der Waals surface area contributed by atoms with Crippen molar-refractivity contribution in [3.63, 3.8) is 0 Å². The van der Waals surface area contributed by atoms with Crippen LogP contribution in [0.1, 0.15) is 44.7 Å². The molecule has 8 heteroatoms. The Bertz CT molecular complexity index is 1440. The summed E-state index contributed by atoms with van der Waals surface area (Å²) >= 11 is 0. The molecule has 6 nitrogen and oxygen atoms in total. The van der Waals surface area contributed by atoms with Gasteiger partial charge in [0.15, 0.2) is 0 Å². The quantitative estimate of drug-likeness (QED) is 0.306. The highest BCUT2D eigenvalue weighted by molar-refractivity contribution is 6.00. The summed E-state index contributed by atoms with van der Waals surface area (Å²) < 4.78 is 45.6. The van der Waals surface area contributed by atoms with Crippen LogP contribution in [0.2, 0.25) is 0 Å². The summed E-state index contributed by atoms with van der Waals surface area (Å²) in [5.41, 5.74) is 3.32. The average molecular weight is 548 g/mol. The van der Waals surface area contributed by atoms with Gasteiger partial charge in [0.1, 0.15) is 24.0 Å². The van der Waals surface area contributed by atoms with Gasteiger partial charge in [0.2, 0.25) is 0 Å². The van der Waals surface area contributed by atoms with Crippen LogP contribution in [0.5, 0.6) is 5.75 Å². The molecular weight excluding hydrogens is 516 g/mol. The smallest absolute Gasteiger partial charge is 0.336 e. The number of allylic oxidation sites excluding steroid dienone is 2. The zero-order valence-corrected chi connectivity index (χ0v) is 22.8. The highest BCUT2D eigenvalue weighted by atomic mass is 19.1. The van der Waals surface area contributed by atoms with Gasteiger partial charge < -0.3 is 19.5 Å². The first-order valence-electron chi connectivity index (χ1n) is 13.0. The van der Waals surface area contributed by atoms with Crippen molar-refractivity contribution in [3.8, 4) is 16.9 Å². The molecule has 0 fully saturated rings. The van der Waals surface area contributed by atoms with Crippen LogP contribution in [0, 0.1) is 11.6 Å². The summed E-state index contributed by atoms with van der Waals surface area (Å²) in [6, 6.07) is 17.8. The van der Waals surface area contributed by atoms with Gasteiger partial charge in [-0.2, -0.15) is 0 Å². The van der Waals surface area contributed by atoms with Crippen molar-refractivity contribution in [1.82, 2.24) is 5.32 Å². The van der Waals surface area contributed by atoms with Crippen molar-refractivity contribution in [2.24, 2.45) is 0 Å². The normalized spacial score (nSPS) is 13.7. The molecule has 1 aliphatic heterocycles. The number of halogens is 2. The number of carbonyl (C=O) groups excluding carboxylic acids is 2. The van der Waals surface area contributed by atoms with E-state index in [1.807, 2.05) is 30.3 Å². The topological polar surface area (TPSA) is 73.9 Å². The average Bonchev–Trinajstić information content (AvgIpc) is 2.92. The summed E-state index contributed by atoms with van der Waals surface area (Å²) in [5, 5.41) is 3.11. The number of hydrogen-bond acceptors (Lipinski definition) is 6. The first kappa shape index (κ1) is 28.5. The zero-order chi connectivity index (χ0) is 28.8. The molecule has 1 N–H and O–H groups in total. The molecule has 0 saturated heterocycles. The minimum absolute atomic E-state index is 0.123. The molecule has 40 heavy (non-hydrogen) atoms. The van der Waals surface area contributed by atoms with E-state index in [9.17, 15) is 18.4 Å². The first-order chi connectivity index (χ1) is 19.2. The minimum atomic E-state index is -0.950. The van der Waals surface area contributed by atoms with Crippen LogP contribution in [0.15, 0.2) is 89.3 Å². The van der Waals surface area contributed by atoms with Crippen LogP contribution < -0.4 is 10.1 Å². The summed E-state index contributed by atoms with van der Waals surface area (Å²) in [5.74, 6) is -3.24. The number of carbonyl (C=O) groups is 2. The van der Waals surface area contributed by atoms with Crippen molar-refractivity contribution in [2.75, 3.05) is 13.2 Å². The highest BCUT2D eigenvalue weighted by Crippen LogP contribution is 2.44. The molecule has 4 rings (SSSR count). The highest BCUT2D eigenvalue weighted by Gasteiger charge is 2.39. The van der Waals surface area contributed by atoms with E-state index in [4.69, 9.17) is 14.2 Å². The fourth-order valence-electron chi connectivity index (χ4n) is 4.80. The third-order valence-electron chi connectivity index (χ3n) is 6.55. The molecule has 0 unspecified atom stereocenters. The van der Waals surface area contributed by atoms with Gasteiger partial charge in [-0.3, -0.25) is 0 Å². The van der Waals surface area contributed by atoms with E-state index in [1.165, 1.54) is 12.1 Å². The van der Waals surface area contributed by atoms with Crippen LogP contribution in [-0.4, -0.2) is 25.2 Å². The van der Waals surface area contributed by atoms with Crippen LogP contribution >= 0.6 is 0 Å². The number of ether oxygens (including phenoxy) is 3. The minimum Gasteiger partial charge on any atom is -0.489 e. The van der Waals surface area contributed by atoms with Crippen LogP contribution in [0.4, 0.5) is 8.78 Å². The Morgan fingerprint density at radius 1 is 0.825 bits per heavy atom. The van der Waals surface area contributed by atoms with Crippen LogP contribution in [0.3, 0.4) is 0 Å². The van der Waals surface area contributed by atoms with Gasteiger partial charge in [0, 0.05) is 28.6 Å². The predicted molar refractivity (Wildman–Crippen MR) is 147 cm³/mol. The van der Waals surface area contributed by atoms with Crippen molar-refractivity contribution < 1.29 is 32.6 Å². The number of nitrogens with one attached hydrogen (secondary N) is 1. The van der Waals surface area contributed by atoms with Gasteiger partial charge in [-0.15, -0.1) is 0 Å². The molecule has 0 bridgehead atoms. The molecule has 0 aromatic heterocycles. The van der Waals surface area contributed by atoms with E-state index in [2.05, 4.69) is 5.32 Å². The van der Waals surface area contributed by atoms with Gasteiger partial charge >= 0.3 is 11.9 Å². The lowest BCUT2D eigenvalue weighted by atomic mass is 9.79. The Balaban J connectivity index is 1.95. The van der Waals surface area contributed by atoms with E-state index < -0.39 is 29.5 Å². The zero-order valence-electron chi connectivity index (χ0n) is 22.8. The van der Waals surface area contributed by atoms with Gasteiger partial charge in [0.05, 0.1) is 30.3 Å². The standard InChI is InChI=1S/C32H31F2NO5/c1-5-38-31(36)28-19(3)35-20(4)29(32(37)39-6-2)30(28)25-16-22(24-14-13-23(33)17-26(24)34)12-15-27(25)40-18-21-10-8-7-9-11-21/h7-17,30,35H,5-6,18H2,1-4H3. The monoisotopic (exact) mass is 547 g/mol. The largest absolute Gasteiger partial charge is 0.489 e. The third kappa shape index (κ3) is 6.06. The molecule has 0 spiro atoms. The fraction of sp³-hybridized carbons (Fsp3) is 0.250. The second-order valence-electron chi connectivity index (χ2n) is 9.23. The maximum atomic E-state index is 14.9. The first-order valence-corrected chi connectivity index (χ1v) is 13.0. The lowest BCUT2D eigenvalue weighted by molar-refractivity contribution is -0.139. The van der Waals surface area contributed by atoms with E-state index in [-0.39, 0.29) is 36.5 Å². The molecule has 0 atom stereocenters. The van der Waals surface area contributed by atoms with Gasteiger partial charge in [-0.1, -0.05) is 36.4 Å². The van der Waals surface area contributed by atoms with Gasteiger partial charge in [0.25, 0.3) is 0 Å². The summed E-state index contributed by atoms with van der Waals surface area (Å²) in [7, 11) is 0. The Kier molecular flexibility index (Phi) is 8.99. The Morgan fingerprint density at radius 2 is 1.45 bits per heavy atom. The Labute approximate surface area is 232 Å². The number of dihydropyridines is 1. The number of benzene rings is 3. The van der Waals surface area contributed by atoms with Crippen LogP contribution in [-0.2, 0) is 25.7 Å². The van der Waals surface area contributed by atoms with Crippen molar-refractivity contribution in [3.05, 3.63) is 112 Å². The van der Waals surface area contributed by atoms with E-state index >= 15 is 0 Å². The second kappa shape index (κ2) is 12.6. The van der Waals surface area contributed by atoms with Gasteiger partial charge in [-0.25, -0.2) is 18.4 Å². The lowest BCUT2D eigenvalue weighted by Gasteiger charge is -2.31. The second-order valence-corrected chi connectivity index (χ2v) is 9.23. The lowest BCUT2D eigenvalue weighted by Crippen LogP contribution is -2.32. The maximum Gasteiger partial charge on any atom is 0.336 e.